The lowest BCUT2D eigenvalue weighted by Crippen LogP contribution is -2.19. The maximum atomic E-state index is 12.6. The summed E-state index contributed by atoms with van der Waals surface area (Å²) >= 11 is 0. The third-order valence-corrected chi connectivity index (χ3v) is 5.64. The van der Waals surface area contributed by atoms with E-state index in [-0.39, 0.29) is 5.78 Å². The summed E-state index contributed by atoms with van der Waals surface area (Å²) in [5, 5.41) is 5.53. The Hall–Kier alpha value is -4.58. The average Bonchev–Trinajstić information content (AvgIpc) is 2.92. The molecule has 0 aliphatic heterocycles. The molecule has 0 aliphatic rings. The molecule has 2 N–H and O–H groups in total. The van der Waals surface area contributed by atoms with Crippen LogP contribution in [0.25, 0.3) is 11.1 Å². The lowest BCUT2D eigenvalue weighted by Gasteiger charge is -2.14. The van der Waals surface area contributed by atoms with Gasteiger partial charge in [0.2, 0.25) is 0 Å². The molecule has 0 heterocycles. The van der Waals surface area contributed by atoms with Crippen molar-refractivity contribution in [3.05, 3.63) is 108 Å². The maximum absolute atomic E-state index is 12.6. The van der Waals surface area contributed by atoms with Gasteiger partial charge < -0.3 is 20.1 Å². The number of carbonyl (C=O) groups is 2. The molecule has 4 aromatic rings. The maximum Gasteiger partial charge on any atom is 0.323 e. The molecule has 0 atom stereocenters. The highest BCUT2D eigenvalue weighted by Crippen LogP contribution is 2.26. The van der Waals surface area contributed by atoms with Crippen LogP contribution >= 0.6 is 0 Å². The first kappa shape index (κ1) is 24.5. The molecule has 0 spiro atoms. The predicted octanol–water partition coefficient (Wildman–Crippen LogP) is 7.18. The van der Waals surface area contributed by atoms with Crippen molar-refractivity contribution in [3.63, 3.8) is 0 Å². The molecule has 0 bridgehead atoms. The molecular weight excluding hydrogens is 452 g/mol. The van der Waals surface area contributed by atoms with Gasteiger partial charge in [0.05, 0.1) is 12.7 Å². The lowest BCUT2D eigenvalue weighted by atomic mass is 10.0. The van der Waals surface area contributed by atoms with Crippen LogP contribution < -0.4 is 20.1 Å². The minimum Gasteiger partial charge on any atom is -0.497 e. The van der Waals surface area contributed by atoms with E-state index >= 15 is 0 Å². The van der Waals surface area contributed by atoms with Crippen LogP contribution in [0.2, 0.25) is 0 Å². The van der Waals surface area contributed by atoms with Gasteiger partial charge in [-0.15, -0.1) is 0 Å². The van der Waals surface area contributed by atoms with Gasteiger partial charge in [-0.05, 0) is 47.0 Å². The number of methoxy groups -OCH3 is 1. The third kappa shape index (κ3) is 6.30. The van der Waals surface area contributed by atoms with Crippen molar-refractivity contribution in [1.29, 1.82) is 0 Å². The van der Waals surface area contributed by atoms with Gasteiger partial charge in [-0.25, -0.2) is 4.79 Å². The molecular formula is C30H28N2O4. The van der Waals surface area contributed by atoms with Crippen LogP contribution in [0.1, 0.15) is 29.3 Å². The van der Waals surface area contributed by atoms with E-state index in [0.29, 0.717) is 41.5 Å². The van der Waals surface area contributed by atoms with E-state index in [1.807, 2.05) is 30.3 Å². The second-order valence-corrected chi connectivity index (χ2v) is 8.15. The summed E-state index contributed by atoms with van der Waals surface area (Å²) in [5.41, 5.74) is 4.78. The number of ketones is 1. The van der Waals surface area contributed by atoms with Gasteiger partial charge in [-0.2, -0.15) is 0 Å². The Morgan fingerprint density at radius 1 is 0.750 bits per heavy atom. The minimum atomic E-state index is -0.426. The molecule has 0 saturated heterocycles. The second-order valence-electron chi connectivity index (χ2n) is 8.15. The van der Waals surface area contributed by atoms with Crippen molar-refractivity contribution in [2.75, 3.05) is 17.7 Å². The summed E-state index contributed by atoms with van der Waals surface area (Å²) in [5.74, 6) is 1.05. The van der Waals surface area contributed by atoms with Crippen LogP contribution in [0.15, 0.2) is 97.1 Å². The molecule has 0 aromatic heterocycles. The van der Waals surface area contributed by atoms with E-state index in [1.54, 1.807) is 56.5 Å². The normalized spacial score (nSPS) is 10.4. The molecule has 0 unspecified atom stereocenters. The quantitative estimate of drug-likeness (QED) is 0.249. The van der Waals surface area contributed by atoms with Crippen LogP contribution in [0, 0.1) is 0 Å². The molecule has 0 fully saturated rings. The highest BCUT2D eigenvalue weighted by molar-refractivity contribution is 6.03. The fourth-order valence-electron chi connectivity index (χ4n) is 3.72. The molecule has 0 aliphatic carbocycles. The Bertz CT molecular complexity index is 1330. The van der Waals surface area contributed by atoms with Gasteiger partial charge in [0.1, 0.15) is 18.1 Å². The van der Waals surface area contributed by atoms with Gasteiger partial charge in [-0.3, -0.25) is 4.79 Å². The number of carbonyl (C=O) groups excluding carboxylic acids is 2. The summed E-state index contributed by atoms with van der Waals surface area (Å²) in [6.45, 7) is 2.12. The van der Waals surface area contributed by atoms with Gasteiger partial charge in [-0.1, -0.05) is 67.6 Å². The summed E-state index contributed by atoms with van der Waals surface area (Å²) in [7, 11) is 1.56. The zero-order valence-electron chi connectivity index (χ0n) is 20.3. The molecule has 6 heteroatoms. The molecule has 4 aromatic carbocycles. The molecule has 6 nitrogen and oxygen atoms in total. The second kappa shape index (κ2) is 11.7. The summed E-state index contributed by atoms with van der Waals surface area (Å²) < 4.78 is 11.2. The monoisotopic (exact) mass is 480 g/mol. The Morgan fingerprint density at radius 3 is 2.14 bits per heavy atom. The molecule has 182 valence electrons. The minimum absolute atomic E-state index is 0.0683. The fourth-order valence-corrected chi connectivity index (χ4v) is 3.72. The van der Waals surface area contributed by atoms with Crippen LogP contribution in [-0.4, -0.2) is 18.9 Å². The Labute approximate surface area is 210 Å². The largest absolute Gasteiger partial charge is 0.497 e. The van der Waals surface area contributed by atoms with Gasteiger partial charge >= 0.3 is 6.03 Å². The Kier molecular flexibility index (Phi) is 7.98. The summed E-state index contributed by atoms with van der Waals surface area (Å²) in [6, 6.07) is 30.0. The van der Waals surface area contributed by atoms with Crippen LogP contribution in [-0.2, 0) is 6.61 Å². The first-order valence-corrected chi connectivity index (χ1v) is 11.7. The number of anilines is 2. The van der Waals surface area contributed by atoms with Crippen molar-refractivity contribution in [2.45, 2.75) is 20.0 Å². The number of urea groups is 1. The number of hydrogen-bond acceptors (Lipinski definition) is 4. The fraction of sp³-hybridized carbons (Fsp3) is 0.133. The van der Waals surface area contributed by atoms with Crippen LogP contribution in [0.5, 0.6) is 11.5 Å². The first-order chi connectivity index (χ1) is 17.6. The number of nitrogens with one attached hydrogen (secondary N) is 2. The predicted molar refractivity (Wildman–Crippen MR) is 143 cm³/mol. The van der Waals surface area contributed by atoms with Crippen LogP contribution in [0.4, 0.5) is 16.2 Å². The number of benzene rings is 4. The molecule has 0 radical (unpaired) electrons. The lowest BCUT2D eigenvalue weighted by molar-refractivity contribution is 0.0983. The Morgan fingerprint density at radius 2 is 1.44 bits per heavy atom. The number of hydrogen-bond donors (Lipinski definition) is 2. The summed E-state index contributed by atoms with van der Waals surface area (Å²) in [6.07, 6.45) is 0.321. The van der Waals surface area contributed by atoms with E-state index in [9.17, 15) is 9.59 Å². The third-order valence-electron chi connectivity index (χ3n) is 5.64. The van der Waals surface area contributed by atoms with Gasteiger partial charge in [0, 0.05) is 23.9 Å². The zero-order chi connectivity index (χ0) is 25.3. The van der Waals surface area contributed by atoms with E-state index in [2.05, 4.69) is 34.9 Å². The molecule has 4 rings (SSSR count). The van der Waals surface area contributed by atoms with Crippen LogP contribution in [0.3, 0.4) is 0 Å². The standard InChI is InChI=1S/C30H28N2O4/c1-3-28(33)27-19-25(32-30(34)31-24-10-7-11-26(18-24)35-2)16-17-29(27)36-20-21-12-14-23(15-13-21)22-8-5-4-6-9-22/h4-19H,3,20H2,1-2H3,(H2,31,32,34). The smallest absolute Gasteiger partial charge is 0.323 e. The molecule has 2 amide bonds. The van der Waals surface area contributed by atoms with E-state index in [1.165, 1.54) is 0 Å². The average molecular weight is 481 g/mol. The topological polar surface area (TPSA) is 76.7 Å². The number of amides is 2. The van der Waals surface area contributed by atoms with Crippen molar-refractivity contribution >= 4 is 23.2 Å². The number of Topliss-reactive ketones (excluding diaryl/α,β-unsaturated/α-hetero) is 1. The van der Waals surface area contributed by atoms with Gasteiger partial charge in [0.25, 0.3) is 0 Å². The van der Waals surface area contributed by atoms with Crippen molar-refractivity contribution in [2.24, 2.45) is 0 Å². The van der Waals surface area contributed by atoms with E-state index < -0.39 is 6.03 Å². The molecule has 36 heavy (non-hydrogen) atoms. The van der Waals surface area contributed by atoms with Crippen molar-refractivity contribution in [3.8, 4) is 22.6 Å². The first-order valence-electron chi connectivity index (χ1n) is 11.7. The number of rotatable bonds is 9. The Balaban J connectivity index is 1.43. The zero-order valence-corrected chi connectivity index (χ0v) is 20.3. The SMILES string of the molecule is CCC(=O)c1cc(NC(=O)Nc2cccc(OC)c2)ccc1OCc1ccc(-c2ccccc2)cc1. The number of ether oxygens (including phenoxy) is 2. The van der Waals surface area contributed by atoms with E-state index in [0.717, 1.165) is 16.7 Å². The molecule has 0 saturated carbocycles. The highest BCUT2D eigenvalue weighted by Gasteiger charge is 2.14. The highest BCUT2D eigenvalue weighted by atomic mass is 16.5. The van der Waals surface area contributed by atoms with Crippen molar-refractivity contribution in [1.82, 2.24) is 0 Å². The van der Waals surface area contributed by atoms with Crippen molar-refractivity contribution < 1.29 is 19.1 Å². The van der Waals surface area contributed by atoms with E-state index in [4.69, 9.17) is 9.47 Å². The van der Waals surface area contributed by atoms with Gasteiger partial charge in [0.15, 0.2) is 5.78 Å². The summed E-state index contributed by atoms with van der Waals surface area (Å²) in [4.78, 5) is 25.1.